The quantitative estimate of drug-likeness (QED) is 0.536. The molecule has 0 aliphatic heterocycles. The van der Waals surface area contributed by atoms with Gasteiger partial charge in [0.25, 0.3) is 11.8 Å². The molecular formula is C24H24N2O5. The van der Waals surface area contributed by atoms with Gasteiger partial charge < -0.3 is 19.8 Å². The second-order valence-electron chi connectivity index (χ2n) is 7.30. The van der Waals surface area contributed by atoms with E-state index in [-0.39, 0.29) is 24.2 Å². The van der Waals surface area contributed by atoms with Crippen LogP contribution in [0.4, 0.5) is 5.69 Å². The van der Waals surface area contributed by atoms with Gasteiger partial charge in [0, 0.05) is 11.3 Å². The molecule has 0 aliphatic carbocycles. The van der Waals surface area contributed by atoms with E-state index >= 15 is 0 Å². The second-order valence-corrected chi connectivity index (χ2v) is 7.30. The Balaban J connectivity index is 1.55. The first kappa shape index (κ1) is 21.8. The van der Waals surface area contributed by atoms with Crippen LogP contribution < -0.4 is 10.6 Å². The summed E-state index contributed by atoms with van der Waals surface area (Å²) in [7, 11) is 0. The predicted molar refractivity (Wildman–Crippen MR) is 115 cm³/mol. The molecule has 0 radical (unpaired) electrons. The zero-order valence-electron chi connectivity index (χ0n) is 17.3. The lowest BCUT2D eigenvalue weighted by molar-refractivity contribution is -0.148. The first-order valence-electron chi connectivity index (χ1n) is 9.90. The van der Waals surface area contributed by atoms with Crippen molar-refractivity contribution in [2.75, 3.05) is 5.32 Å². The van der Waals surface area contributed by atoms with Crippen LogP contribution in [0.2, 0.25) is 0 Å². The third-order valence-electron chi connectivity index (χ3n) is 4.58. The van der Waals surface area contributed by atoms with Crippen molar-refractivity contribution in [3.63, 3.8) is 0 Å². The van der Waals surface area contributed by atoms with Gasteiger partial charge in [0.1, 0.15) is 12.6 Å². The number of esters is 1. The van der Waals surface area contributed by atoms with E-state index < -0.39 is 17.9 Å². The third-order valence-corrected chi connectivity index (χ3v) is 4.58. The van der Waals surface area contributed by atoms with Gasteiger partial charge in [0.05, 0.1) is 6.26 Å². The van der Waals surface area contributed by atoms with Crippen LogP contribution in [0.15, 0.2) is 77.4 Å². The fraction of sp³-hybridized carbons (Fsp3) is 0.208. The molecule has 1 heterocycles. The number of amides is 2. The lowest BCUT2D eigenvalue weighted by atomic mass is 10.0. The SMILES string of the molecule is CC(C)[C@H](NC(=O)c1ccco1)C(=O)OCc1ccc(C(=O)Nc2ccccc2)cc1. The molecule has 0 aliphatic rings. The summed E-state index contributed by atoms with van der Waals surface area (Å²) in [5.41, 5.74) is 1.93. The fourth-order valence-corrected chi connectivity index (χ4v) is 2.84. The normalized spacial score (nSPS) is 11.6. The monoisotopic (exact) mass is 420 g/mol. The van der Waals surface area contributed by atoms with Gasteiger partial charge in [-0.1, -0.05) is 44.2 Å². The van der Waals surface area contributed by atoms with E-state index in [4.69, 9.17) is 9.15 Å². The molecule has 0 spiro atoms. The smallest absolute Gasteiger partial charge is 0.329 e. The molecule has 2 amide bonds. The van der Waals surface area contributed by atoms with Crippen LogP contribution in [0.25, 0.3) is 0 Å². The summed E-state index contributed by atoms with van der Waals surface area (Å²) in [5, 5.41) is 5.45. The zero-order chi connectivity index (χ0) is 22.2. The number of rotatable bonds is 8. The summed E-state index contributed by atoms with van der Waals surface area (Å²) in [6.07, 6.45) is 1.39. The fourth-order valence-electron chi connectivity index (χ4n) is 2.84. The molecule has 3 rings (SSSR count). The highest BCUT2D eigenvalue weighted by Crippen LogP contribution is 2.12. The first-order chi connectivity index (χ1) is 14.9. The minimum absolute atomic E-state index is 0.0270. The van der Waals surface area contributed by atoms with E-state index in [1.807, 2.05) is 44.2 Å². The Kier molecular flexibility index (Phi) is 7.22. The molecule has 2 aromatic carbocycles. The highest BCUT2D eigenvalue weighted by Gasteiger charge is 2.27. The van der Waals surface area contributed by atoms with Crippen LogP contribution in [-0.4, -0.2) is 23.8 Å². The predicted octanol–water partition coefficient (Wildman–Crippen LogP) is 4.03. The van der Waals surface area contributed by atoms with Gasteiger partial charge in [0.15, 0.2) is 5.76 Å². The summed E-state index contributed by atoms with van der Waals surface area (Å²) in [5.74, 6) is -1.29. The van der Waals surface area contributed by atoms with Crippen LogP contribution in [0.1, 0.15) is 40.3 Å². The van der Waals surface area contributed by atoms with Crippen molar-refractivity contribution >= 4 is 23.5 Å². The summed E-state index contributed by atoms with van der Waals surface area (Å²) in [6.45, 7) is 3.65. The standard InChI is InChI=1S/C24H24N2O5/c1-16(2)21(26-23(28)20-9-6-14-30-20)24(29)31-15-17-10-12-18(13-11-17)22(27)25-19-7-4-3-5-8-19/h3-14,16,21H,15H2,1-2H3,(H,25,27)(H,26,28)/t21-/m0/s1. The van der Waals surface area contributed by atoms with Gasteiger partial charge in [-0.25, -0.2) is 4.79 Å². The summed E-state index contributed by atoms with van der Waals surface area (Å²) in [6, 6.07) is 18.3. The molecule has 160 valence electrons. The van der Waals surface area contributed by atoms with Gasteiger partial charge in [-0.05, 0) is 47.9 Å². The molecule has 0 bridgehead atoms. The van der Waals surface area contributed by atoms with Crippen molar-refractivity contribution in [2.24, 2.45) is 5.92 Å². The molecule has 2 N–H and O–H groups in total. The highest BCUT2D eigenvalue weighted by molar-refractivity contribution is 6.04. The van der Waals surface area contributed by atoms with Crippen molar-refractivity contribution in [2.45, 2.75) is 26.5 Å². The molecule has 0 unspecified atom stereocenters. The van der Waals surface area contributed by atoms with E-state index in [9.17, 15) is 14.4 Å². The number of hydrogen-bond acceptors (Lipinski definition) is 5. The summed E-state index contributed by atoms with van der Waals surface area (Å²) < 4.78 is 10.4. The Hall–Kier alpha value is -3.87. The average molecular weight is 420 g/mol. The van der Waals surface area contributed by atoms with Crippen molar-refractivity contribution in [1.29, 1.82) is 0 Å². The van der Waals surface area contributed by atoms with Crippen LogP contribution >= 0.6 is 0 Å². The van der Waals surface area contributed by atoms with E-state index in [0.717, 1.165) is 5.56 Å². The minimum atomic E-state index is -0.812. The molecule has 7 heteroatoms. The van der Waals surface area contributed by atoms with E-state index in [1.54, 1.807) is 30.3 Å². The number of hydrogen-bond donors (Lipinski definition) is 2. The lowest BCUT2D eigenvalue weighted by Gasteiger charge is -2.20. The summed E-state index contributed by atoms with van der Waals surface area (Å²) >= 11 is 0. The van der Waals surface area contributed by atoms with E-state index in [1.165, 1.54) is 12.3 Å². The van der Waals surface area contributed by atoms with Gasteiger partial charge in [-0.15, -0.1) is 0 Å². The number of nitrogens with one attached hydrogen (secondary N) is 2. The van der Waals surface area contributed by atoms with Gasteiger partial charge >= 0.3 is 5.97 Å². The zero-order valence-corrected chi connectivity index (χ0v) is 17.3. The number of carbonyl (C=O) groups excluding carboxylic acids is 3. The Labute approximate surface area is 180 Å². The van der Waals surface area contributed by atoms with Gasteiger partial charge in [0.2, 0.25) is 0 Å². The van der Waals surface area contributed by atoms with E-state index in [2.05, 4.69) is 10.6 Å². The molecule has 0 saturated heterocycles. The Morgan fingerprint density at radius 3 is 2.23 bits per heavy atom. The van der Waals surface area contributed by atoms with Crippen LogP contribution in [0, 0.1) is 5.92 Å². The van der Waals surface area contributed by atoms with Crippen LogP contribution in [-0.2, 0) is 16.1 Å². The molecule has 31 heavy (non-hydrogen) atoms. The van der Waals surface area contributed by atoms with Crippen LogP contribution in [0.3, 0.4) is 0 Å². The van der Waals surface area contributed by atoms with Crippen LogP contribution in [0.5, 0.6) is 0 Å². The molecule has 1 atom stereocenters. The lowest BCUT2D eigenvalue weighted by Crippen LogP contribution is -2.45. The van der Waals surface area contributed by atoms with Crippen molar-refractivity contribution in [3.05, 3.63) is 89.9 Å². The molecule has 3 aromatic rings. The first-order valence-corrected chi connectivity index (χ1v) is 9.90. The second kappa shape index (κ2) is 10.2. The molecular weight excluding hydrogens is 396 g/mol. The Morgan fingerprint density at radius 1 is 0.903 bits per heavy atom. The van der Waals surface area contributed by atoms with Gasteiger partial charge in [-0.2, -0.15) is 0 Å². The number of ether oxygens (including phenoxy) is 1. The number of para-hydroxylation sites is 1. The van der Waals surface area contributed by atoms with Crippen molar-refractivity contribution in [1.82, 2.24) is 5.32 Å². The maximum atomic E-state index is 12.5. The van der Waals surface area contributed by atoms with Gasteiger partial charge in [-0.3, -0.25) is 9.59 Å². The van der Waals surface area contributed by atoms with Crippen molar-refractivity contribution in [3.8, 4) is 0 Å². The third kappa shape index (κ3) is 6.05. The number of furan rings is 1. The summed E-state index contributed by atoms with van der Waals surface area (Å²) in [4.78, 5) is 37.0. The number of anilines is 1. The maximum absolute atomic E-state index is 12.5. The van der Waals surface area contributed by atoms with E-state index in [0.29, 0.717) is 11.3 Å². The largest absolute Gasteiger partial charge is 0.459 e. The highest BCUT2D eigenvalue weighted by atomic mass is 16.5. The maximum Gasteiger partial charge on any atom is 0.329 e. The van der Waals surface area contributed by atoms with Crippen molar-refractivity contribution < 1.29 is 23.5 Å². The topological polar surface area (TPSA) is 97.6 Å². The average Bonchev–Trinajstić information content (AvgIpc) is 3.31. The Bertz CT molecular complexity index is 1010. The minimum Gasteiger partial charge on any atom is -0.459 e. The molecule has 7 nitrogen and oxygen atoms in total. The number of benzene rings is 2. The number of carbonyl (C=O) groups is 3. The molecule has 0 fully saturated rings. The molecule has 0 saturated carbocycles. The molecule has 1 aromatic heterocycles. The Morgan fingerprint density at radius 2 is 1.61 bits per heavy atom.